The molecule has 1 aliphatic carbocycles. The number of aromatic nitrogens is 1. The van der Waals surface area contributed by atoms with Crippen LogP contribution in [0.25, 0.3) is 10.9 Å². The molecule has 1 atom stereocenters. The highest BCUT2D eigenvalue weighted by molar-refractivity contribution is 6.07. The number of amides is 1. The zero-order chi connectivity index (χ0) is 13.9. The fourth-order valence-electron chi connectivity index (χ4n) is 2.78. The maximum absolute atomic E-state index is 12.2. The number of hydrogen-bond donors (Lipinski definition) is 2. The third kappa shape index (κ3) is 2.46. The first-order valence-corrected chi connectivity index (χ1v) is 7.18. The van der Waals surface area contributed by atoms with Gasteiger partial charge in [-0.2, -0.15) is 5.10 Å². The summed E-state index contributed by atoms with van der Waals surface area (Å²) in [5.74, 6) is 0.333. The van der Waals surface area contributed by atoms with E-state index in [2.05, 4.69) is 22.4 Å². The van der Waals surface area contributed by atoms with Gasteiger partial charge in [-0.15, -0.1) is 0 Å². The van der Waals surface area contributed by atoms with Crippen LogP contribution in [-0.2, 0) is 0 Å². The lowest BCUT2D eigenvalue weighted by Gasteiger charge is -2.19. The predicted octanol–water partition coefficient (Wildman–Crippen LogP) is 3.46. The van der Waals surface area contributed by atoms with Crippen molar-refractivity contribution in [3.63, 3.8) is 0 Å². The number of H-pyrrole nitrogens is 1. The van der Waals surface area contributed by atoms with Crippen LogP contribution in [0.3, 0.4) is 0 Å². The Hall–Kier alpha value is -2.10. The van der Waals surface area contributed by atoms with Gasteiger partial charge in [-0.25, -0.2) is 5.43 Å². The van der Waals surface area contributed by atoms with E-state index in [1.165, 1.54) is 19.3 Å². The Balaban J connectivity index is 1.78. The van der Waals surface area contributed by atoms with Crippen molar-refractivity contribution in [2.24, 2.45) is 11.0 Å². The molecule has 4 heteroatoms. The molecule has 0 bridgehead atoms. The average Bonchev–Trinajstić information content (AvgIpc) is 2.90. The van der Waals surface area contributed by atoms with Crippen LogP contribution in [-0.4, -0.2) is 16.6 Å². The van der Waals surface area contributed by atoms with E-state index >= 15 is 0 Å². The van der Waals surface area contributed by atoms with Gasteiger partial charge in [-0.1, -0.05) is 31.5 Å². The monoisotopic (exact) mass is 269 g/mol. The van der Waals surface area contributed by atoms with Crippen LogP contribution in [0.5, 0.6) is 0 Å². The average molecular weight is 269 g/mol. The standard InChI is InChI=1S/C16H19N3O/c1-11-6-2-4-8-14(11)18-19-16(20)13-10-17-15-9-5-3-7-12(13)15/h3,5,7,9-11,17H,2,4,6,8H2,1H3,(H,19,20)/t11-/m1/s1. The van der Waals surface area contributed by atoms with Crippen molar-refractivity contribution < 1.29 is 4.79 Å². The Labute approximate surface area is 118 Å². The number of para-hydroxylation sites is 1. The van der Waals surface area contributed by atoms with E-state index in [1.807, 2.05) is 24.3 Å². The summed E-state index contributed by atoms with van der Waals surface area (Å²) >= 11 is 0. The molecule has 0 aliphatic heterocycles. The number of carbonyl (C=O) groups excluding carboxylic acids is 1. The topological polar surface area (TPSA) is 57.2 Å². The van der Waals surface area contributed by atoms with E-state index in [0.29, 0.717) is 11.5 Å². The molecule has 2 aromatic rings. The van der Waals surface area contributed by atoms with Gasteiger partial charge in [0.05, 0.1) is 5.56 Å². The van der Waals surface area contributed by atoms with Crippen LogP contribution in [0, 0.1) is 5.92 Å². The number of carbonyl (C=O) groups is 1. The minimum atomic E-state index is -0.146. The number of rotatable bonds is 2. The second kappa shape index (κ2) is 5.49. The number of aromatic amines is 1. The quantitative estimate of drug-likeness (QED) is 0.806. The fraction of sp³-hybridized carbons (Fsp3) is 0.375. The van der Waals surface area contributed by atoms with Gasteiger partial charge in [0.1, 0.15) is 0 Å². The van der Waals surface area contributed by atoms with E-state index in [9.17, 15) is 4.79 Å². The summed E-state index contributed by atoms with van der Waals surface area (Å²) in [5.41, 5.74) is 5.44. The molecule has 0 saturated heterocycles. The molecular weight excluding hydrogens is 250 g/mol. The first-order valence-electron chi connectivity index (χ1n) is 7.18. The molecule has 0 unspecified atom stereocenters. The van der Waals surface area contributed by atoms with Gasteiger partial charge >= 0.3 is 0 Å². The first kappa shape index (κ1) is 12.9. The van der Waals surface area contributed by atoms with Crippen molar-refractivity contribution in [1.29, 1.82) is 0 Å². The van der Waals surface area contributed by atoms with E-state index in [1.54, 1.807) is 6.20 Å². The van der Waals surface area contributed by atoms with Gasteiger partial charge in [0.2, 0.25) is 0 Å². The van der Waals surface area contributed by atoms with Gasteiger partial charge < -0.3 is 4.98 Å². The fourth-order valence-corrected chi connectivity index (χ4v) is 2.78. The third-order valence-corrected chi connectivity index (χ3v) is 4.02. The highest BCUT2D eigenvalue weighted by atomic mass is 16.2. The van der Waals surface area contributed by atoms with Crippen molar-refractivity contribution in [2.75, 3.05) is 0 Å². The predicted molar refractivity (Wildman–Crippen MR) is 80.8 cm³/mol. The van der Waals surface area contributed by atoms with Gasteiger partial charge in [-0.05, 0) is 31.2 Å². The molecule has 1 aromatic heterocycles. The van der Waals surface area contributed by atoms with E-state index in [-0.39, 0.29) is 5.91 Å². The Bertz CT molecular complexity index is 657. The smallest absolute Gasteiger partial charge is 0.273 e. The van der Waals surface area contributed by atoms with Crippen molar-refractivity contribution >= 4 is 22.5 Å². The molecule has 0 spiro atoms. The molecule has 1 fully saturated rings. The summed E-state index contributed by atoms with van der Waals surface area (Å²) < 4.78 is 0. The largest absolute Gasteiger partial charge is 0.360 e. The van der Waals surface area contributed by atoms with E-state index in [4.69, 9.17) is 0 Å². The Morgan fingerprint density at radius 3 is 3.05 bits per heavy atom. The molecule has 2 N–H and O–H groups in total. The molecule has 104 valence electrons. The van der Waals surface area contributed by atoms with Crippen LogP contribution >= 0.6 is 0 Å². The molecule has 1 amide bonds. The van der Waals surface area contributed by atoms with Crippen molar-refractivity contribution in [2.45, 2.75) is 32.6 Å². The molecule has 1 aromatic carbocycles. The van der Waals surface area contributed by atoms with Crippen LogP contribution in [0.15, 0.2) is 35.6 Å². The van der Waals surface area contributed by atoms with Crippen LogP contribution in [0.4, 0.5) is 0 Å². The number of nitrogens with zero attached hydrogens (tertiary/aromatic N) is 1. The number of benzene rings is 1. The lowest BCUT2D eigenvalue weighted by Crippen LogP contribution is -2.24. The molecule has 1 saturated carbocycles. The maximum atomic E-state index is 12.2. The number of nitrogens with one attached hydrogen (secondary N) is 2. The summed E-state index contributed by atoms with van der Waals surface area (Å²) in [6.07, 6.45) is 6.34. The van der Waals surface area contributed by atoms with Gasteiger partial charge in [0.15, 0.2) is 0 Å². The highest BCUT2D eigenvalue weighted by Crippen LogP contribution is 2.21. The Morgan fingerprint density at radius 2 is 2.20 bits per heavy atom. The maximum Gasteiger partial charge on any atom is 0.273 e. The van der Waals surface area contributed by atoms with Crippen molar-refractivity contribution in [1.82, 2.24) is 10.4 Å². The van der Waals surface area contributed by atoms with Gasteiger partial charge in [0.25, 0.3) is 5.91 Å². The Morgan fingerprint density at radius 1 is 1.35 bits per heavy atom. The first-order chi connectivity index (χ1) is 9.75. The summed E-state index contributed by atoms with van der Waals surface area (Å²) in [6, 6.07) is 7.78. The summed E-state index contributed by atoms with van der Waals surface area (Å²) in [6.45, 7) is 2.18. The van der Waals surface area contributed by atoms with Crippen LogP contribution in [0.2, 0.25) is 0 Å². The second-order valence-corrected chi connectivity index (χ2v) is 5.44. The lowest BCUT2D eigenvalue weighted by atomic mass is 9.89. The molecule has 1 aliphatic rings. The van der Waals surface area contributed by atoms with E-state index in [0.717, 1.165) is 23.0 Å². The SMILES string of the molecule is C[C@@H]1CCCCC1=NNC(=O)c1c[nH]c2ccccc12. The normalized spacial score (nSPS) is 21.2. The van der Waals surface area contributed by atoms with Crippen LogP contribution < -0.4 is 5.43 Å². The molecular formula is C16H19N3O. The van der Waals surface area contributed by atoms with Crippen molar-refractivity contribution in [3.05, 3.63) is 36.0 Å². The lowest BCUT2D eigenvalue weighted by molar-refractivity contribution is 0.0956. The highest BCUT2D eigenvalue weighted by Gasteiger charge is 2.17. The molecule has 3 rings (SSSR count). The van der Waals surface area contributed by atoms with Crippen molar-refractivity contribution in [3.8, 4) is 0 Å². The molecule has 4 nitrogen and oxygen atoms in total. The minimum Gasteiger partial charge on any atom is -0.360 e. The number of hydrogen-bond acceptors (Lipinski definition) is 2. The molecule has 0 radical (unpaired) electrons. The summed E-state index contributed by atoms with van der Waals surface area (Å²) in [5, 5.41) is 5.26. The molecule has 1 heterocycles. The summed E-state index contributed by atoms with van der Waals surface area (Å²) in [4.78, 5) is 15.3. The van der Waals surface area contributed by atoms with Gasteiger partial charge in [-0.3, -0.25) is 4.79 Å². The van der Waals surface area contributed by atoms with E-state index < -0.39 is 0 Å². The zero-order valence-electron chi connectivity index (χ0n) is 11.6. The second-order valence-electron chi connectivity index (χ2n) is 5.44. The Kier molecular flexibility index (Phi) is 3.54. The van der Waals surface area contributed by atoms with Gasteiger partial charge in [0, 0.05) is 22.8 Å². The minimum absolute atomic E-state index is 0.146. The summed E-state index contributed by atoms with van der Waals surface area (Å²) in [7, 11) is 0. The number of fused-ring (bicyclic) bond motifs is 1. The van der Waals surface area contributed by atoms with Crippen LogP contribution in [0.1, 0.15) is 43.0 Å². The number of hydrazone groups is 1. The zero-order valence-corrected chi connectivity index (χ0v) is 11.6. The third-order valence-electron chi connectivity index (χ3n) is 4.02. The molecule has 20 heavy (non-hydrogen) atoms.